The van der Waals surface area contributed by atoms with Crippen LogP contribution in [0.4, 0.5) is 0 Å². The van der Waals surface area contributed by atoms with Crippen molar-refractivity contribution >= 4 is 95.6 Å². The summed E-state index contributed by atoms with van der Waals surface area (Å²) in [4.78, 5) is 0. The molecule has 0 atom stereocenters. The zero-order valence-electron chi connectivity index (χ0n) is 23.0. The zero-order chi connectivity index (χ0) is 28.1. The van der Waals surface area contributed by atoms with Crippen LogP contribution in [-0.2, 0) is 0 Å². The molecule has 0 spiro atoms. The first kappa shape index (κ1) is 23.6. The highest BCUT2D eigenvalue weighted by atomic mass is 32.1. The van der Waals surface area contributed by atoms with Crippen molar-refractivity contribution in [3.63, 3.8) is 0 Å². The van der Waals surface area contributed by atoms with E-state index in [1.807, 2.05) is 22.7 Å². The van der Waals surface area contributed by atoms with Crippen LogP contribution < -0.4 is 0 Å². The predicted molar refractivity (Wildman–Crippen MR) is 190 cm³/mol. The average Bonchev–Trinajstić information content (AvgIpc) is 3.71. The quantitative estimate of drug-likeness (QED) is 0.179. The van der Waals surface area contributed by atoms with Gasteiger partial charge in [-0.25, -0.2) is 0 Å². The summed E-state index contributed by atoms with van der Waals surface area (Å²) in [5.41, 5.74) is 6.40. The number of fused-ring (bicyclic) bond motifs is 11. The molecule has 3 aromatic heterocycles. The fourth-order valence-electron chi connectivity index (χ4n) is 7.21. The van der Waals surface area contributed by atoms with Crippen LogP contribution in [-0.4, -0.2) is 4.57 Å². The van der Waals surface area contributed by atoms with Gasteiger partial charge in [0.25, 0.3) is 0 Å². The van der Waals surface area contributed by atoms with E-state index in [9.17, 15) is 0 Å². The first-order valence-electron chi connectivity index (χ1n) is 14.6. The van der Waals surface area contributed by atoms with Gasteiger partial charge in [0.2, 0.25) is 0 Å². The number of nitrogens with zero attached hydrogens (tertiary/aromatic N) is 1. The molecular formula is C40H23NS2. The molecule has 3 heteroatoms. The number of rotatable bonds is 2. The first-order chi connectivity index (χ1) is 21.4. The van der Waals surface area contributed by atoms with Crippen molar-refractivity contribution in [3.05, 3.63) is 140 Å². The van der Waals surface area contributed by atoms with Gasteiger partial charge in [0.05, 0.1) is 30.8 Å². The van der Waals surface area contributed by atoms with E-state index in [0.29, 0.717) is 0 Å². The lowest BCUT2D eigenvalue weighted by molar-refractivity contribution is 1.22. The molecule has 43 heavy (non-hydrogen) atoms. The molecule has 0 radical (unpaired) electrons. The third-order valence-corrected chi connectivity index (χ3v) is 11.5. The van der Waals surface area contributed by atoms with E-state index < -0.39 is 0 Å². The molecule has 1 nitrogen and oxygen atoms in total. The maximum atomic E-state index is 2.58. The van der Waals surface area contributed by atoms with Crippen LogP contribution in [0.1, 0.15) is 0 Å². The molecule has 0 aliphatic heterocycles. The van der Waals surface area contributed by atoms with E-state index in [4.69, 9.17) is 0 Å². The molecule has 0 N–H and O–H groups in total. The highest BCUT2D eigenvalue weighted by Gasteiger charge is 2.24. The lowest BCUT2D eigenvalue weighted by atomic mass is 9.90. The Morgan fingerprint density at radius 3 is 1.77 bits per heavy atom. The summed E-state index contributed by atoms with van der Waals surface area (Å²) in [5, 5.41) is 10.5. The van der Waals surface area contributed by atoms with Crippen molar-refractivity contribution in [1.29, 1.82) is 0 Å². The van der Waals surface area contributed by atoms with Gasteiger partial charge in [-0.15, -0.1) is 22.7 Å². The van der Waals surface area contributed by atoms with Gasteiger partial charge < -0.3 is 4.57 Å². The molecule has 0 unspecified atom stereocenters. The van der Waals surface area contributed by atoms with Gasteiger partial charge >= 0.3 is 0 Å². The largest absolute Gasteiger partial charge is 0.306 e. The summed E-state index contributed by atoms with van der Waals surface area (Å²) in [6, 6.07) is 51.2. The Morgan fingerprint density at radius 2 is 1.02 bits per heavy atom. The smallest absolute Gasteiger partial charge is 0.0829 e. The van der Waals surface area contributed by atoms with Crippen LogP contribution in [0.15, 0.2) is 140 Å². The van der Waals surface area contributed by atoms with Gasteiger partial charge in [0, 0.05) is 26.2 Å². The third-order valence-electron chi connectivity index (χ3n) is 8.97. The van der Waals surface area contributed by atoms with Crippen LogP contribution in [0.3, 0.4) is 0 Å². The maximum absolute atomic E-state index is 2.58. The lowest BCUT2D eigenvalue weighted by Gasteiger charge is -2.19. The second kappa shape index (κ2) is 8.78. The molecule has 0 bridgehead atoms. The van der Waals surface area contributed by atoms with E-state index in [0.717, 1.165) is 0 Å². The van der Waals surface area contributed by atoms with Crippen LogP contribution in [0, 0.1) is 0 Å². The predicted octanol–water partition coefficient (Wildman–Crippen LogP) is 12.3. The fourth-order valence-corrected chi connectivity index (χ4v) is 10.0. The molecule has 0 aliphatic carbocycles. The van der Waals surface area contributed by atoms with Gasteiger partial charge in [-0.05, 0) is 44.8 Å². The van der Waals surface area contributed by atoms with Crippen molar-refractivity contribution in [3.8, 4) is 16.8 Å². The number of hydrogen-bond acceptors (Lipinski definition) is 2. The number of aromatic nitrogens is 1. The minimum absolute atomic E-state index is 1.25. The van der Waals surface area contributed by atoms with Crippen LogP contribution in [0.25, 0.3) is 89.7 Å². The minimum atomic E-state index is 1.25. The molecule has 3 heterocycles. The van der Waals surface area contributed by atoms with Crippen molar-refractivity contribution in [2.45, 2.75) is 0 Å². The van der Waals surface area contributed by atoms with Gasteiger partial charge in [-0.1, -0.05) is 127 Å². The van der Waals surface area contributed by atoms with Crippen LogP contribution in [0.5, 0.6) is 0 Å². The Hall–Kier alpha value is -4.96. The zero-order valence-corrected chi connectivity index (χ0v) is 24.7. The molecule has 200 valence electrons. The summed E-state index contributed by atoms with van der Waals surface area (Å²) in [6.07, 6.45) is 0. The molecule has 7 aromatic carbocycles. The monoisotopic (exact) mass is 581 g/mol. The molecule has 0 saturated carbocycles. The number of para-hydroxylation sites is 1. The minimum Gasteiger partial charge on any atom is -0.306 e. The molecule has 0 saturated heterocycles. The second-order valence-electron chi connectivity index (χ2n) is 11.2. The Morgan fingerprint density at radius 1 is 0.419 bits per heavy atom. The Kier molecular flexibility index (Phi) is 4.81. The van der Waals surface area contributed by atoms with Gasteiger partial charge in [-0.3, -0.25) is 0 Å². The van der Waals surface area contributed by atoms with Crippen LogP contribution in [0.2, 0.25) is 0 Å². The first-order valence-corrected chi connectivity index (χ1v) is 16.3. The van der Waals surface area contributed by atoms with Crippen molar-refractivity contribution in [2.75, 3.05) is 0 Å². The van der Waals surface area contributed by atoms with Crippen LogP contribution >= 0.6 is 22.7 Å². The topological polar surface area (TPSA) is 4.93 Å². The Bertz CT molecular complexity index is 2670. The third kappa shape index (κ3) is 3.16. The molecular weight excluding hydrogens is 559 g/mol. The van der Waals surface area contributed by atoms with Crippen molar-refractivity contribution in [1.82, 2.24) is 4.57 Å². The van der Waals surface area contributed by atoms with E-state index in [1.165, 1.54) is 89.7 Å². The van der Waals surface area contributed by atoms with Crippen molar-refractivity contribution < 1.29 is 0 Å². The Labute approximate surface area is 255 Å². The molecule has 10 aromatic rings. The van der Waals surface area contributed by atoms with E-state index in [-0.39, 0.29) is 0 Å². The number of thiophene rings is 2. The van der Waals surface area contributed by atoms with E-state index >= 15 is 0 Å². The number of benzene rings is 7. The standard InChI is InChI=1S/C40H23NS2/c1-2-13-25(14-3-1)34-27-16-6-8-18-29(27)36(30-19-9-7-17-28(30)34)41-32-21-11-10-20-31(32)38-37(41)40-39(43-38)35-26-15-5-4-12-24(26)22-23-33(35)42-40/h1-23H. The summed E-state index contributed by atoms with van der Waals surface area (Å²) >= 11 is 3.90. The summed E-state index contributed by atoms with van der Waals surface area (Å²) in [6.45, 7) is 0. The van der Waals surface area contributed by atoms with E-state index in [1.54, 1.807) is 0 Å². The average molecular weight is 582 g/mol. The highest BCUT2D eigenvalue weighted by molar-refractivity contribution is 7.37. The van der Waals surface area contributed by atoms with Gasteiger partial charge in [-0.2, -0.15) is 0 Å². The van der Waals surface area contributed by atoms with E-state index in [2.05, 4.69) is 144 Å². The summed E-state index contributed by atoms with van der Waals surface area (Å²) in [5.74, 6) is 0. The fraction of sp³-hybridized carbons (Fsp3) is 0. The molecule has 0 amide bonds. The summed E-state index contributed by atoms with van der Waals surface area (Å²) < 4.78 is 8.08. The van der Waals surface area contributed by atoms with Crippen molar-refractivity contribution in [2.24, 2.45) is 0 Å². The van der Waals surface area contributed by atoms with Gasteiger partial charge in [0.1, 0.15) is 0 Å². The number of hydrogen-bond donors (Lipinski definition) is 0. The second-order valence-corrected chi connectivity index (χ2v) is 13.3. The lowest BCUT2D eigenvalue weighted by Crippen LogP contribution is -1.98. The Balaban J connectivity index is 1.44. The summed E-state index contributed by atoms with van der Waals surface area (Å²) in [7, 11) is 0. The van der Waals surface area contributed by atoms with Gasteiger partial charge in [0.15, 0.2) is 0 Å². The molecule has 0 aliphatic rings. The molecule has 0 fully saturated rings. The maximum Gasteiger partial charge on any atom is 0.0829 e. The SMILES string of the molecule is c1ccc(-c2c3ccccc3c(-n3c4ccccc4c4sc5c(sc6ccc7ccccc7c65)c43)c3ccccc23)cc1. The normalized spacial score (nSPS) is 12.2. The molecule has 10 rings (SSSR count). The highest BCUT2D eigenvalue weighted by Crippen LogP contribution is 2.51.